The number of fused-ring (bicyclic) bond motifs is 2. The predicted octanol–water partition coefficient (Wildman–Crippen LogP) is 3.66. The number of aryl methyl sites for hydroxylation is 2. The summed E-state index contributed by atoms with van der Waals surface area (Å²) in [7, 11) is 0. The van der Waals surface area contributed by atoms with Crippen LogP contribution in [0.15, 0.2) is 47.3 Å². The Morgan fingerprint density at radius 2 is 1.91 bits per heavy atom. The molecule has 0 saturated heterocycles. The number of benzene rings is 2. The van der Waals surface area contributed by atoms with Crippen molar-refractivity contribution in [3.05, 3.63) is 86.5 Å². The van der Waals surface area contributed by atoms with E-state index in [2.05, 4.69) is 10.3 Å². The number of carbonyl (C=O) groups is 2. The molecule has 34 heavy (non-hydrogen) atoms. The monoisotopic (exact) mass is 521 g/mol. The van der Waals surface area contributed by atoms with Crippen LogP contribution in [0.4, 0.5) is 5.69 Å². The molecule has 4 aromatic rings. The van der Waals surface area contributed by atoms with Crippen LogP contribution < -0.4 is 10.9 Å². The second-order valence-electron chi connectivity index (χ2n) is 8.36. The van der Waals surface area contributed by atoms with Gasteiger partial charge in [-0.1, -0.05) is 11.6 Å². The summed E-state index contributed by atoms with van der Waals surface area (Å²) in [5.41, 5.74) is 5.77. The number of hydrogen-bond acceptors (Lipinski definition) is 4. The maximum atomic E-state index is 12.9. The van der Waals surface area contributed by atoms with Crippen molar-refractivity contribution in [2.75, 3.05) is 11.9 Å². The van der Waals surface area contributed by atoms with Gasteiger partial charge >= 0.3 is 178 Å². The third-order valence-corrected chi connectivity index (χ3v) is 8.36. The third-order valence-electron chi connectivity index (χ3n) is 6.01. The molecular weight excluding hydrogens is 497 g/mol. The standard InChI is InChI=1S/C26H23N3O4Se/c1-14-8-9-20-18(12-14)19(24(30)28-20)13-21-15(2)23(16(3)27-21)26(32)33-11-10-29-25(31)17-6-4-5-7-22(17)34-29/h4-9,12-13,27H,10-11H2,1-3H3,(H,28,30)/b19-13-. The van der Waals surface area contributed by atoms with Crippen molar-refractivity contribution in [2.45, 2.75) is 27.3 Å². The Morgan fingerprint density at radius 1 is 1.12 bits per heavy atom. The van der Waals surface area contributed by atoms with Crippen molar-refractivity contribution in [2.24, 2.45) is 0 Å². The molecule has 5 rings (SSSR count). The van der Waals surface area contributed by atoms with E-state index in [1.165, 1.54) is 0 Å². The van der Waals surface area contributed by atoms with Gasteiger partial charge in [-0.3, -0.25) is 0 Å². The number of amides is 1. The first-order valence-corrected chi connectivity index (χ1v) is 12.5. The number of ether oxygens (including phenoxy) is 1. The molecule has 0 aliphatic carbocycles. The first-order valence-electron chi connectivity index (χ1n) is 10.9. The van der Waals surface area contributed by atoms with Crippen LogP contribution in [0.1, 0.15) is 38.4 Å². The van der Waals surface area contributed by atoms with Gasteiger partial charge in [-0.2, -0.15) is 0 Å². The molecule has 2 aromatic heterocycles. The minimum atomic E-state index is -0.445. The number of rotatable bonds is 5. The number of H-pyrrole nitrogens is 1. The van der Waals surface area contributed by atoms with E-state index in [9.17, 15) is 14.4 Å². The van der Waals surface area contributed by atoms with Crippen LogP contribution in [0, 0.1) is 20.8 Å². The van der Waals surface area contributed by atoms with Gasteiger partial charge < -0.3 is 0 Å². The Bertz CT molecular complexity index is 1550. The number of esters is 1. The molecule has 1 aliphatic rings. The van der Waals surface area contributed by atoms with Crippen LogP contribution in [0.3, 0.4) is 0 Å². The molecule has 0 unspecified atom stereocenters. The number of carbonyl (C=O) groups excluding carboxylic acids is 2. The van der Waals surface area contributed by atoms with Crippen molar-refractivity contribution in [1.82, 2.24) is 8.55 Å². The van der Waals surface area contributed by atoms with E-state index < -0.39 is 5.97 Å². The second kappa shape index (κ2) is 8.63. The summed E-state index contributed by atoms with van der Waals surface area (Å²) in [5.74, 6) is -0.616. The molecule has 0 saturated carbocycles. The van der Waals surface area contributed by atoms with Gasteiger partial charge in [0.2, 0.25) is 0 Å². The molecule has 0 fully saturated rings. The fourth-order valence-electron chi connectivity index (χ4n) is 4.27. The summed E-state index contributed by atoms with van der Waals surface area (Å²) in [6.45, 7) is 6.10. The van der Waals surface area contributed by atoms with Crippen molar-refractivity contribution in [3.63, 3.8) is 0 Å². The molecule has 7 nitrogen and oxygen atoms in total. The van der Waals surface area contributed by atoms with E-state index in [0.717, 1.165) is 32.0 Å². The number of aromatic nitrogens is 2. The summed E-state index contributed by atoms with van der Waals surface area (Å²) in [6, 6.07) is 13.4. The van der Waals surface area contributed by atoms with Crippen LogP contribution >= 0.6 is 0 Å². The number of hydrogen-bond donors (Lipinski definition) is 2. The van der Waals surface area contributed by atoms with Crippen molar-refractivity contribution < 1.29 is 14.3 Å². The van der Waals surface area contributed by atoms with E-state index in [1.54, 1.807) is 9.64 Å². The molecule has 8 heteroatoms. The molecule has 172 valence electrons. The second-order valence-corrected chi connectivity index (χ2v) is 10.6. The number of nitrogens with zero attached hydrogens (tertiary/aromatic N) is 1. The van der Waals surface area contributed by atoms with Crippen molar-refractivity contribution >= 4 is 53.6 Å². The van der Waals surface area contributed by atoms with E-state index in [4.69, 9.17) is 4.74 Å². The SMILES string of the molecule is Cc1ccc2c(c1)/C(=C/c1[nH]c(C)c(C(=O)OCCn3[se]c4ccccc4c3=O)c1C)C(=O)N2. The van der Waals surface area contributed by atoms with Crippen LogP contribution in [0.25, 0.3) is 21.3 Å². The van der Waals surface area contributed by atoms with Gasteiger partial charge in [-0.15, -0.1) is 0 Å². The van der Waals surface area contributed by atoms with Gasteiger partial charge in [0.25, 0.3) is 0 Å². The molecule has 0 radical (unpaired) electrons. The van der Waals surface area contributed by atoms with E-state index in [-0.39, 0.29) is 32.8 Å². The summed E-state index contributed by atoms with van der Waals surface area (Å²) in [4.78, 5) is 41.2. The van der Waals surface area contributed by atoms with E-state index >= 15 is 0 Å². The van der Waals surface area contributed by atoms with Gasteiger partial charge in [0.05, 0.1) is 0 Å². The topological polar surface area (TPSA) is 93.2 Å². The van der Waals surface area contributed by atoms with Crippen LogP contribution in [0.5, 0.6) is 0 Å². The van der Waals surface area contributed by atoms with Crippen molar-refractivity contribution in [3.8, 4) is 0 Å². The number of anilines is 1. The van der Waals surface area contributed by atoms with Gasteiger partial charge in [-0.25, -0.2) is 0 Å². The quantitative estimate of drug-likeness (QED) is 0.239. The molecule has 1 amide bonds. The maximum absolute atomic E-state index is 12.9. The van der Waals surface area contributed by atoms with Gasteiger partial charge in [0.1, 0.15) is 0 Å². The molecule has 2 N–H and O–H groups in total. The molecule has 0 spiro atoms. The molecule has 2 aromatic carbocycles. The Balaban J connectivity index is 1.35. The Kier molecular flexibility index (Phi) is 5.63. The molecular formula is C26H23N3O4Se. The van der Waals surface area contributed by atoms with Crippen LogP contribution in [-0.2, 0) is 16.1 Å². The Hall–Kier alpha value is -3.61. The van der Waals surface area contributed by atoms with Gasteiger partial charge in [-0.05, 0) is 13.0 Å². The van der Waals surface area contributed by atoms with Gasteiger partial charge in [0.15, 0.2) is 0 Å². The Labute approximate surface area is 202 Å². The zero-order chi connectivity index (χ0) is 24.0. The summed E-state index contributed by atoms with van der Waals surface area (Å²) < 4.78 is 8.33. The summed E-state index contributed by atoms with van der Waals surface area (Å²) >= 11 is -0.101. The first-order chi connectivity index (χ1) is 16.3. The zero-order valence-electron chi connectivity index (χ0n) is 19.0. The Morgan fingerprint density at radius 3 is 2.71 bits per heavy atom. The first kappa shape index (κ1) is 22.2. The number of aromatic amines is 1. The fraction of sp³-hybridized carbons (Fsp3) is 0.192. The van der Waals surface area contributed by atoms with Crippen LogP contribution in [-0.4, -0.2) is 41.8 Å². The average molecular weight is 520 g/mol. The molecule has 0 atom stereocenters. The number of nitrogens with one attached hydrogen (secondary N) is 2. The normalized spacial score (nSPS) is 14.0. The summed E-state index contributed by atoms with van der Waals surface area (Å²) in [6.07, 6.45) is 1.78. The van der Waals surface area contributed by atoms with Crippen LogP contribution in [0.2, 0.25) is 0 Å². The summed E-state index contributed by atoms with van der Waals surface area (Å²) in [5, 5.41) is 3.61. The zero-order valence-corrected chi connectivity index (χ0v) is 20.7. The van der Waals surface area contributed by atoms with E-state index in [0.29, 0.717) is 29.1 Å². The van der Waals surface area contributed by atoms with Gasteiger partial charge in [0, 0.05) is 0 Å². The molecule has 0 bridgehead atoms. The third kappa shape index (κ3) is 3.85. The molecule has 3 heterocycles. The molecule has 1 aliphatic heterocycles. The minimum absolute atomic E-state index is 0.0140. The average Bonchev–Trinajstić information content (AvgIpc) is 3.39. The van der Waals surface area contributed by atoms with E-state index in [1.807, 2.05) is 63.2 Å². The fourth-order valence-corrected chi connectivity index (χ4v) is 6.32. The van der Waals surface area contributed by atoms with Crippen molar-refractivity contribution in [1.29, 1.82) is 0 Å². The predicted molar refractivity (Wildman–Crippen MR) is 133 cm³/mol.